The van der Waals surface area contributed by atoms with Gasteiger partial charge < -0.3 is 0 Å². The van der Waals surface area contributed by atoms with Gasteiger partial charge in [-0.3, -0.25) is 4.79 Å². The van der Waals surface area contributed by atoms with E-state index in [4.69, 9.17) is 0 Å². The van der Waals surface area contributed by atoms with Crippen LogP contribution in [-0.4, -0.2) is 5.78 Å². The Morgan fingerprint density at radius 2 is 2.00 bits per heavy atom. The van der Waals surface area contributed by atoms with E-state index in [1.807, 2.05) is 0 Å². The maximum atomic E-state index is 12.1. The Hall–Kier alpha value is -0.590. The van der Waals surface area contributed by atoms with Crippen LogP contribution in [0.1, 0.15) is 51.4 Å². The van der Waals surface area contributed by atoms with Crippen LogP contribution in [0.5, 0.6) is 0 Å². The normalized spacial score (nSPS) is 40.4. The summed E-state index contributed by atoms with van der Waals surface area (Å²) in [6.07, 6.45) is 12.3. The number of hydrogen-bond donors (Lipinski definition) is 0. The molecule has 1 nitrogen and oxygen atoms in total. The maximum absolute atomic E-state index is 12.1. The van der Waals surface area contributed by atoms with Crippen LogP contribution in [0.4, 0.5) is 0 Å². The molecule has 3 atom stereocenters. The van der Waals surface area contributed by atoms with Crippen molar-refractivity contribution in [1.29, 1.82) is 0 Å². The maximum Gasteiger partial charge on any atom is 0.136 e. The first-order valence-electron chi connectivity index (χ1n) is 6.58. The predicted molar refractivity (Wildman–Crippen MR) is 60.5 cm³/mol. The molecular formula is C14H20O. The molecule has 0 amide bonds. The molecule has 82 valence electrons. The summed E-state index contributed by atoms with van der Waals surface area (Å²) in [5.41, 5.74) is 1.64. The quantitative estimate of drug-likeness (QED) is 0.552. The summed E-state index contributed by atoms with van der Waals surface area (Å²) in [6, 6.07) is 0. The number of ketones is 1. The molecule has 0 unspecified atom stereocenters. The minimum atomic E-state index is 0.430. The van der Waals surface area contributed by atoms with Crippen molar-refractivity contribution in [2.75, 3.05) is 0 Å². The van der Waals surface area contributed by atoms with Crippen molar-refractivity contribution < 1.29 is 4.79 Å². The Morgan fingerprint density at radius 3 is 2.93 bits per heavy atom. The van der Waals surface area contributed by atoms with Crippen molar-refractivity contribution in [3.8, 4) is 0 Å². The van der Waals surface area contributed by atoms with Crippen LogP contribution in [-0.2, 0) is 4.79 Å². The van der Waals surface area contributed by atoms with Crippen molar-refractivity contribution in [2.45, 2.75) is 51.4 Å². The Bertz CT molecular complexity index is 302. The zero-order valence-corrected chi connectivity index (χ0v) is 9.37. The fraction of sp³-hybridized carbons (Fsp3) is 0.786. The Morgan fingerprint density at radius 1 is 1.07 bits per heavy atom. The molecule has 0 saturated heterocycles. The van der Waals surface area contributed by atoms with Crippen molar-refractivity contribution in [3.05, 3.63) is 11.6 Å². The lowest BCUT2D eigenvalue weighted by molar-refractivity contribution is -0.129. The molecule has 0 bridgehead atoms. The molecular weight excluding hydrogens is 184 g/mol. The highest BCUT2D eigenvalue weighted by molar-refractivity contribution is 5.83. The largest absolute Gasteiger partial charge is 0.299 e. The number of carbonyl (C=O) groups excluding carboxylic acids is 1. The van der Waals surface area contributed by atoms with E-state index in [0.717, 1.165) is 12.8 Å². The van der Waals surface area contributed by atoms with E-state index in [0.29, 0.717) is 23.5 Å². The van der Waals surface area contributed by atoms with Crippen molar-refractivity contribution in [1.82, 2.24) is 0 Å². The third-order valence-electron chi connectivity index (χ3n) is 4.70. The number of rotatable bonds is 0. The molecule has 15 heavy (non-hydrogen) atoms. The highest BCUT2D eigenvalue weighted by atomic mass is 16.1. The molecule has 0 spiro atoms. The first-order chi connectivity index (χ1) is 7.36. The van der Waals surface area contributed by atoms with E-state index < -0.39 is 0 Å². The minimum absolute atomic E-state index is 0.430. The van der Waals surface area contributed by atoms with Crippen LogP contribution in [0, 0.1) is 17.8 Å². The van der Waals surface area contributed by atoms with Crippen LogP contribution < -0.4 is 0 Å². The molecule has 3 aliphatic rings. The molecule has 0 aromatic rings. The third-order valence-corrected chi connectivity index (χ3v) is 4.70. The van der Waals surface area contributed by atoms with Gasteiger partial charge in [0.1, 0.15) is 5.78 Å². The van der Waals surface area contributed by atoms with E-state index in [2.05, 4.69) is 6.08 Å². The predicted octanol–water partition coefficient (Wildman–Crippen LogP) is 3.49. The molecule has 0 radical (unpaired) electrons. The van der Waals surface area contributed by atoms with Crippen molar-refractivity contribution in [3.63, 3.8) is 0 Å². The van der Waals surface area contributed by atoms with E-state index in [1.165, 1.54) is 38.5 Å². The number of Topliss-reactive ketones (excluding diaryl/α,β-unsaturated/α-hetero) is 1. The van der Waals surface area contributed by atoms with E-state index in [9.17, 15) is 4.79 Å². The lowest BCUT2D eigenvalue weighted by atomic mass is 9.61. The van der Waals surface area contributed by atoms with Crippen molar-refractivity contribution in [2.24, 2.45) is 17.8 Å². The molecule has 2 fully saturated rings. The smallest absolute Gasteiger partial charge is 0.136 e. The minimum Gasteiger partial charge on any atom is -0.299 e. The average Bonchev–Trinajstić information content (AvgIpc) is 2.29. The van der Waals surface area contributed by atoms with Gasteiger partial charge in [0.15, 0.2) is 0 Å². The molecule has 0 heterocycles. The molecule has 2 saturated carbocycles. The zero-order valence-electron chi connectivity index (χ0n) is 9.37. The number of carbonyl (C=O) groups is 1. The summed E-state index contributed by atoms with van der Waals surface area (Å²) in [5.74, 6) is 2.38. The van der Waals surface area contributed by atoms with Gasteiger partial charge in [-0.1, -0.05) is 18.1 Å². The molecule has 3 rings (SSSR count). The van der Waals surface area contributed by atoms with Crippen LogP contribution >= 0.6 is 0 Å². The van der Waals surface area contributed by atoms with E-state index in [1.54, 1.807) is 5.57 Å². The van der Waals surface area contributed by atoms with Crippen molar-refractivity contribution >= 4 is 5.78 Å². The second kappa shape index (κ2) is 3.77. The number of fused-ring (bicyclic) bond motifs is 3. The van der Waals surface area contributed by atoms with Gasteiger partial charge in [0.05, 0.1) is 0 Å². The van der Waals surface area contributed by atoms with Gasteiger partial charge in [-0.15, -0.1) is 0 Å². The Kier molecular flexibility index (Phi) is 2.42. The Balaban J connectivity index is 1.89. The van der Waals surface area contributed by atoms with E-state index in [-0.39, 0.29) is 0 Å². The monoisotopic (exact) mass is 204 g/mol. The summed E-state index contributed by atoms with van der Waals surface area (Å²) in [5, 5.41) is 0. The van der Waals surface area contributed by atoms with Gasteiger partial charge in [-0.25, -0.2) is 0 Å². The average molecular weight is 204 g/mol. The van der Waals surface area contributed by atoms with Gasteiger partial charge in [-0.05, 0) is 50.4 Å². The number of hydrogen-bond acceptors (Lipinski definition) is 1. The van der Waals surface area contributed by atoms with Crippen LogP contribution in [0.3, 0.4) is 0 Å². The van der Waals surface area contributed by atoms with Gasteiger partial charge >= 0.3 is 0 Å². The molecule has 3 aliphatic carbocycles. The topological polar surface area (TPSA) is 17.1 Å². The summed E-state index contributed by atoms with van der Waals surface area (Å²) in [4.78, 5) is 12.1. The first-order valence-corrected chi connectivity index (χ1v) is 6.58. The Labute approximate surface area is 91.9 Å². The molecule has 0 N–H and O–H groups in total. The number of allylic oxidation sites excluding steroid dienone is 2. The second-order valence-corrected chi connectivity index (χ2v) is 5.51. The summed E-state index contributed by atoms with van der Waals surface area (Å²) in [7, 11) is 0. The highest BCUT2D eigenvalue weighted by Gasteiger charge is 2.41. The van der Waals surface area contributed by atoms with Crippen LogP contribution in [0.2, 0.25) is 0 Å². The SMILES string of the molecule is O=C1CCC[C@@H]2CC=C3CCCC[C@H]3[C@@H]12. The highest BCUT2D eigenvalue weighted by Crippen LogP contribution is 2.47. The van der Waals surface area contributed by atoms with Gasteiger partial charge in [0, 0.05) is 12.3 Å². The van der Waals surface area contributed by atoms with Gasteiger partial charge in [0.25, 0.3) is 0 Å². The summed E-state index contributed by atoms with van der Waals surface area (Å²) >= 11 is 0. The molecule has 0 aromatic carbocycles. The molecule has 1 heteroatoms. The molecule has 0 aliphatic heterocycles. The third kappa shape index (κ3) is 1.56. The van der Waals surface area contributed by atoms with E-state index >= 15 is 0 Å². The lowest BCUT2D eigenvalue weighted by Gasteiger charge is -2.42. The fourth-order valence-corrected chi connectivity index (χ4v) is 4.00. The van der Waals surface area contributed by atoms with Crippen LogP contribution in [0.25, 0.3) is 0 Å². The lowest BCUT2D eigenvalue weighted by Crippen LogP contribution is -2.38. The fourth-order valence-electron chi connectivity index (χ4n) is 4.00. The molecule has 0 aromatic heterocycles. The first kappa shape index (κ1) is 9.62. The summed E-state index contributed by atoms with van der Waals surface area (Å²) in [6.45, 7) is 0. The second-order valence-electron chi connectivity index (χ2n) is 5.51. The summed E-state index contributed by atoms with van der Waals surface area (Å²) < 4.78 is 0. The van der Waals surface area contributed by atoms with Crippen LogP contribution in [0.15, 0.2) is 11.6 Å². The van der Waals surface area contributed by atoms with Gasteiger partial charge in [0.2, 0.25) is 0 Å². The van der Waals surface area contributed by atoms with Gasteiger partial charge in [-0.2, -0.15) is 0 Å². The standard InChI is InChI=1S/C14H20O/c15-13-7-3-5-11-9-8-10-4-1-2-6-12(10)14(11)13/h8,11-12,14H,1-7,9H2/t11-,12-,14+/m1/s1. The zero-order chi connectivity index (χ0) is 10.3.